The van der Waals surface area contributed by atoms with Crippen LogP contribution in [0.25, 0.3) is 0 Å². The van der Waals surface area contributed by atoms with Gasteiger partial charge in [0.1, 0.15) is 6.54 Å². The quantitative estimate of drug-likeness (QED) is 0.855. The molecule has 25 heavy (non-hydrogen) atoms. The molecule has 0 radical (unpaired) electrons. The molecule has 2 amide bonds. The Morgan fingerprint density at radius 2 is 1.84 bits per heavy atom. The number of rotatable bonds is 6. The summed E-state index contributed by atoms with van der Waals surface area (Å²) < 4.78 is 0. The van der Waals surface area contributed by atoms with E-state index in [1.54, 1.807) is 0 Å². The van der Waals surface area contributed by atoms with Crippen LogP contribution >= 0.6 is 0 Å². The minimum atomic E-state index is -1.04. The van der Waals surface area contributed by atoms with Crippen LogP contribution in [0.5, 0.6) is 0 Å². The molecule has 1 heterocycles. The van der Waals surface area contributed by atoms with Gasteiger partial charge in [0.2, 0.25) is 11.8 Å². The van der Waals surface area contributed by atoms with Crippen molar-refractivity contribution in [2.45, 2.75) is 44.7 Å². The van der Waals surface area contributed by atoms with Gasteiger partial charge in [-0.3, -0.25) is 14.4 Å². The molecule has 2 aliphatic rings. The van der Waals surface area contributed by atoms with Crippen molar-refractivity contribution < 1.29 is 19.5 Å². The van der Waals surface area contributed by atoms with Crippen molar-refractivity contribution >= 4 is 17.8 Å². The van der Waals surface area contributed by atoms with Crippen LogP contribution in [0.2, 0.25) is 0 Å². The van der Waals surface area contributed by atoms with E-state index in [0.717, 1.165) is 31.2 Å². The Labute approximate surface area is 147 Å². The fraction of sp³-hybridized carbons (Fsp3) is 0.526. The van der Waals surface area contributed by atoms with Crippen molar-refractivity contribution in [3.05, 3.63) is 35.9 Å². The molecule has 6 heteroatoms. The van der Waals surface area contributed by atoms with Gasteiger partial charge in [-0.15, -0.1) is 0 Å². The molecule has 3 rings (SSSR count). The van der Waals surface area contributed by atoms with Crippen molar-refractivity contribution in [2.75, 3.05) is 13.1 Å². The first-order valence-electron chi connectivity index (χ1n) is 8.88. The molecule has 1 aliphatic carbocycles. The molecule has 6 nitrogen and oxygen atoms in total. The van der Waals surface area contributed by atoms with Gasteiger partial charge in [-0.2, -0.15) is 0 Å². The summed E-state index contributed by atoms with van der Waals surface area (Å²) in [5.41, 5.74) is 0.883. The second-order valence-electron chi connectivity index (χ2n) is 6.96. The highest BCUT2D eigenvalue weighted by Crippen LogP contribution is 2.30. The fourth-order valence-corrected chi connectivity index (χ4v) is 3.90. The molecule has 1 atom stereocenters. The second-order valence-corrected chi connectivity index (χ2v) is 6.96. The molecular formula is C19H24N2O4. The zero-order chi connectivity index (χ0) is 17.8. The predicted octanol–water partition coefficient (Wildman–Crippen LogP) is 1.89. The van der Waals surface area contributed by atoms with Gasteiger partial charge in [0.15, 0.2) is 0 Å². The molecule has 1 saturated heterocycles. The number of carboxylic acid groups (broad SMARTS) is 1. The largest absolute Gasteiger partial charge is 0.480 e. The number of amides is 2. The fourth-order valence-electron chi connectivity index (χ4n) is 3.90. The maximum absolute atomic E-state index is 12.9. The normalized spacial score (nSPS) is 20.9. The van der Waals surface area contributed by atoms with E-state index >= 15 is 0 Å². The average Bonchev–Trinajstić information content (AvgIpc) is 3.23. The molecule has 2 fully saturated rings. The van der Waals surface area contributed by atoms with Gasteiger partial charge in [0.05, 0.1) is 5.92 Å². The van der Waals surface area contributed by atoms with Crippen LogP contribution in [0.4, 0.5) is 0 Å². The van der Waals surface area contributed by atoms with E-state index in [-0.39, 0.29) is 37.4 Å². The number of aliphatic carboxylic acids is 1. The van der Waals surface area contributed by atoms with Crippen molar-refractivity contribution in [1.29, 1.82) is 0 Å². The van der Waals surface area contributed by atoms with E-state index in [9.17, 15) is 14.4 Å². The third kappa shape index (κ3) is 4.18. The minimum absolute atomic E-state index is 0.0280. The van der Waals surface area contributed by atoms with E-state index in [1.807, 2.05) is 35.2 Å². The zero-order valence-electron chi connectivity index (χ0n) is 14.3. The predicted molar refractivity (Wildman–Crippen MR) is 91.6 cm³/mol. The molecule has 1 saturated carbocycles. The van der Waals surface area contributed by atoms with E-state index in [2.05, 4.69) is 0 Å². The van der Waals surface area contributed by atoms with Gasteiger partial charge in [-0.25, -0.2) is 0 Å². The van der Waals surface area contributed by atoms with Crippen molar-refractivity contribution in [3.8, 4) is 0 Å². The third-order valence-electron chi connectivity index (χ3n) is 5.13. The van der Waals surface area contributed by atoms with Crippen molar-refractivity contribution in [3.63, 3.8) is 0 Å². The van der Waals surface area contributed by atoms with Crippen LogP contribution in [-0.2, 0) is 20.9 Å². The first-order valence-corrected chi connectivity index (χ1v) is 8.88. The Hall–Kier alpha value is -2.37. The van der Waals surface area contributed by atoms with Gasteiger partial charge in [-0.1, -0.05) is 43.2 Å². The highest BCUT2D eigenvalue weighted by atomic mass is 16.4. The average molecular weight is 344 g/mol. The first-order chi connectivity index (χ1) is 12.0. The van der Waals surface area contributed by atoms with Crippen LogP contribution in [-0.4, -0.2) is 51.8 Å². The maximum Gasteiger partial charge on any atom is 0.323 e. The van der Waals surface area contributed by atoms with Gasteiger partial charge < -0.3 is 14.9 Å². The molecule has 0 spiro atoms. The molecule has 1 N–H and O–H groups in total. The molecule has 134 valence electrons. The third-order valence-corrected chi connectivity index (χ3v) is 5.13. The number of carbonyl (C=O) groups excluding carboxylic acids is 2. The number of carboxylic acids is 1. The lowest BCUT2D eigenvalue weighted by Gasteiger charge is -2.26. The van der Waals surface area contributed by atoms with Crippen LogP contribution < -0.4 is 0 Å². The van der Waals surface area contributed by atoms with Gasteiger partial charge in [-0.05, 0) is 18.4 Å². The highest BCUT2D eigenvalue weighted by molar-refractivity contribution is 5.90. The summed E-state index contributed by atoms with van der Waals surface area (Å²) in [5, 5.41) is 9.16. The highest BCUT2D eigenvalue weighted by Gasteiger charge is 2.40. The van der Waals surface area contributed by atoms with Gasteiger partial charge in [0, 0.05) is 25.6 Å². The first kappa shape index (κ1) is 17.5. The molecule has 0 bridgehead atoms. The summed E-state index contributed by atoms with van der Waals surface area (Å²) >= 11 is 0. The lowest BCUT2D eigenvalue weighted by molar-refractivity contribution is -0.146. The monoisotopic (exact) mass is 344 g/mol. The van der Waals surface area contributed by atoms with Gasteiger partial charge in [0.25, 0.3) is 0 Å². The lowest BCUT2D eigenvalue weighted by atomic mass is 10.1. The number of nitrogens with zero attached hydrogens (tertiary/aromatic N) is 2. The van der Waals surface area contributed by atoms with Crippen LogP contribution in [0.3, 0.4) is 0 Å². The summed E-state index contributed by atoms with van der Waals surface area (Å²) in [7, 11) is 0. The summed E-state index contributed by atoms with van der Waals surface area (Å²) in [6, 6.07) is 9.59. The van der Waals surface area contributed by atoms with Crippen molar-refractivity contribution in [2.24, 2.45) is 5.92 Å². The second kappa shape index (κ2) is 7.68. The van der Waals surface area contributed by atoms with Crippen LogP contribution in [0.1, 0.15) is 37.7 Å². The summed E-state index contributed by atoms with van der Waals surface area (Å²) in [6.07, 6.45) is 4.48. The summed E-state index contributed by atoms with van der Waals surface area (Å²) in [6.45, 7) is 0.329. The Bertz CT molecular complexity index is 640. The van der Waals surface area contributed by atoms with Gasteiger partial charge >= 0.3 is 5.97 Å². The SMILES string of the molecule is O=C(O)CN(Cc1ccccc1)C(=O)C1CC(=O)N(C2CCCC2)C1. The Kier molecular flexibility index (Phi) is 5.36. The standard InChI is InChI=1S/C19H24N2O4/c22-17-10-15(12-21(17)16-8-4-5-9-16)19(25)20(13-18(23)24)11-14-6-2-1-3-7-14/h1-3,6-7,15-16H,4-5,8-13H2,(H,23,24). The molecule has 1 unspecified atom stereocenters. The van der Waals surface area contributed by atoms with E-state index in [4.69, 9.17) is 5.11 Å². The molecule has 1 aliphatic heterocycles. The van der Waals surface area contributed by atoms with E-state index < -0.39 is 11.9 Å². The topological polar surface area (TPSA) is 77.9 Å². The zero-order valence-corrected chi connectivity index (χ0v) is 14.3. The molecule has 1 aromatic carbocycles. The Balaban J connectivity index is 1.69. The lowest BCUT2D eigenvalue weighted by Crippen LogP contribution is -2.41. The van der Waals surface area contributed by atoms with Crippen LogP contribution in [0, 0.1) is 5.92 Å². The van der Waals surface area contributed by atoms with E-state index in [0.29, 0.717) is 6.54 Å². The molecular weight excluding hydrogens is 320 g/mol. The Morgan fingerprint density at radius 3 is 2.48 bits per heavy atom. The summed E-state index contributed by atoms with van der Waals surface area (Å²) in [5.74, 6) is -1.68. The van der Waals surface area contributed by atoms with Crippen molar-refractivity contribution in [1.82, 2.24) is 9.80 Å². The number of likely N-dealkylation sites (tertiary alicyclic amines) is 1. The Morgan fingerprint density at radius 1 is 1.16 bits per heavy atom. The van der Waals surface area contributed by atoms with Crippen LogP contribution in [0.15, 0.2) is 30.3 Å². The molecule has 1 aromatic rings. The number of carbonyl (C=O) groups is 3. The number of hydrogen-bond acceptors (Lipinski definition) is 3. The summed E-state index contributed by atoms with van der Waals surface area (Å²) in [4.78, 5) is 39.6. The number of hydrogen-bond donors (Lipinski definition) is 1. The smallest absolute Gasteiger partial charge is 0.323 e. The number of benzene rings is 1. The maximum atomic E-state index is 12.9. The minimum Gasteiger partial charge on any atom is -0.480 e. The van der Waals surface area contributed by atoms with E-state index in [1.165, 1.54) is 4.90 Å². The molecule has 0 aromatic heterocycles.